The summed E-state index contributed by atoms with van der Waals surface area (Å²) in [6, 6.07) is 21.1. The molecule has 210 valence electrons. The molecule has 0 unspecified atom stereocenters. The monoisotopic (exact) mass is 583 g/mol. The number of fused-ring (bicyclic) bond motifs is 1. The minimum atomic E-state index is -3.87. The first-order chi connectivity index (χ1) is 19.3. The summed E-state index contributed by atoms with van der Waals surface area (Å²) in [5.74, 6) is -0.215. The van der Waals surface area contributed by atoms with Gasteiger partial charge in [-0.3, -0.25) is 9.59 Å². The number of hydrogen-bond acceptors (Lipinski definition) is 6. The Morgan fingerprint density at radius 3 is 2.45 bits per heavy atom. The van der Waals surface area contributed by atoms with Crippen LogP contribution in [0.4, 0.5) is 5.69 Å². The molecule has 0 spiro atoms. The first-order valence-corrected chi connectivity index (χ1v) is 14.8. The van der Waals surface area contributed by atoms with E-state index in [0.29, 0.717) is 30.8 Å². The minimum absolute atomic E-state index is 0.00117. The van der Waals surface area contributed by atoms with Gasteiger partial charge in [-0.05, 0) is 48.7 Å². The third-order valence-electron chi connectivity index (χ3n) is 7.19. The molecule has 3 aromatic carbocycles. The molecular formula is C29H30ClN3O6S. The second-order valence-corrected chi connectivity index (χ2v) is 12.0. The van der Waals surface area contributed by atoms with Gasteiger partial charge in [0.25, 0.3) is 5.91 Å². The number of carbonyl (C=O) groups is 2. The van der Waals surface area contributed by atoms with Gasteiger partial charge < -0.3 is 19.7 Å². The number of hydrogen-bond donors (Lipinski definition) is 1. The van der Waals surface area contributed by atoms with Gasteiger partial charge in [-0.15, -0.1) is 0 Å². The number of ether oxygens (including phenoxy) is 2. The normalized spacial score (nSPS) is 17.9. The summed E-state index contributed by atoms with van der Waals surface area (Å²) >= 11 is 6.07. The predicted molar refractivity (Wildman–Crippen MR) is 151 cm³/mol. The van der Waals surface area contributed by atoms with Crippen molar-refractivity contribution in [3.8, 4) is 11.5 Å². The molecule has 0 bridgehead atoms. The molecule has 2 amide bonds. The summed E-state index contributed by atoms with van der Waals surface area (Å²) in [7, 11) is -2.47. The second-order valence-electron chi connectivity index (χ2n) is 9.70. The summed E-state index contributed by atoms with van der Waals surface area (Å²) < 4.78 is 39.3. The highest BCUT2D eigenvalue weighted by Crippen LogP contribution is 2.36. The van der Waals surface area contributed by atoms with Gasteiger partial charge in [-0.25, -0.2) is 8.42 Å². The molecule has 1 atom stereocenters. The van der Waals surface area contributed by atoms with Crippen molar-refractivity contribution in [2.75, 3.05) is 31.6 Å². The lowest BCUT2D eigenvalue weighted by Gasteiger charge is -2.38. The number of para-hydroxylation sites is 2. The highest BCUT2D eigenvalue weighted by Gasteiger charge is 2.39. The molecule has 2 heterocycles. The summed E-state index contributed by atoms with van der Waals surface area (Å²) in [5.41, 5.74) is 1.55. The van der Waals surface area contributed by atoms with Crippen LogP contribution in [0.15, 0.2) is 77.7 Å². The van der Waals surface area contributed by atoms with Crippen molar-refractivity contribution in [2.24, 2.45) is 5.92 Å². The molecule has 11 heteroatoms. The van der Waals surface area contributed by atoms with Crippen molar-refractivity contribution < 1.29 is 27.5 Å². The van der Waals surface area contributed by atoms with Crippen LogP contribution >= 0.6 is 11.6 Å². The first-order valence-electron chi connectivity index (χ1n) is 13.0. The van der Waals surface area contributed by atoms with E-state index in [4.69, 9.17) is 21.1 Å². The highest BCUT2D eigenvalue weighted by atomic mass is 35.5. The van der Waals surface area contributed by atoms with Crippen LogP contribution in [0.3, 0.4) is 0 Å². The van der Waals surface area contributed by atoms with Crippen molar-refractivity contribution in [3.05, 3.63) is 83.4 Å². The van der Waals surface area contributed by atoms with E-state index >= 15 is 0 Å². The van der Waals surface area contributed by atoms with E-state index in [2.05, 4.69) is 5.32 Å². The van der Waals surface area contributed by atoms with Crippen LogP contribution in [0, 0.1) is 5.92 Å². The molecule has 2 aliphatic heterocycles. The van der Waals surface area contributed by atoms with E-state index in [1.165, 1.54) is 23.5 Å². The number of nitrogens with zero attached hydrogens (tertiary/aromatic N) is 2. The molecule has 2 aliphatic rings. The molecule has 0 aliphatic carbocycles. The Hall–Kier alpha value is -3.60. The Bertz CT molecular complexity index is 1490. The van der Waals surface area contributed by atoms with E-state index in [9.17, 15) is 18.0 Å². The highest BCUT2D eigenvalue weighted by molar-refractivity contribution is 7.89. The number of nitrogens with one attached hydrogen (secondary N) is 1. The number of rotatable bonds is 7. The van der Waals surface area contributed by atoms with Crippen LogP contribution in [0.25, 0.3) is 0 Å². The number of piperidine rings is 1. The maximum Gasteiger partial charge on any atom is 0.263 e. The van der Waals surface area contributed by atoms with Crippen LogP contribution in [0.2, 0.25) is 5.02 Å². The zero-order valence-electron chi connectivity index (χ0n) is 22.0. The van der Waals surface area contributed by atoms with Crippen molar-refractivity contribution >= 4 is 39.1 Å². The fourth-order valence-corrected chi connectivity index (χ4v) is 6.92. The van der Waals surface area contributed by atoms with Crippen LogP contribution in [0.5, 0.6) is 11.5 Å². The van der Waals surface area contributed by atoms with Crippen LogP contribution in [0.1, 0.15) is 18.4 Å². The van der Waals surface area contributed by atoms with Gasteiger partial charge in [-0.2, -0.15) is 4.31 Å². The van der Waals surface area contributed by atoms with Gasteiger partial charge in [0.2, 0.25) is 15.9 Å². The van der Waals surface area contributed by atoms with E-state index in [-0.39, 0.29) is 47.1 Å². The second kappa shape index (κ2) is 11.9. The summed E-state index contributed by atoms with van der Waals surface area (Å²) in [6.07, 6.45) is -0.199. The van der Waals surface area contributed by atoms with Crippen molar-refractivity contribution in [3.63, 3.8) is 0 Å². The fraction of sp³-hybridized carbons (Fsp3) is 0.310. The number of sulfonamides is 1. The largest absolute Gasteiger partial charge is 0.495 e. The summed E-state index contributed by atoms with van der Waals surface area (Å²) in [6.45, 7) is 0.747. The Morgan fingerprint density at radius 1 is 1.02 bits per heavy atom. The topological polar surface area (TPSA) is 105 Å². The van der Waals surface area contributed by atoms with Crippen molar-refractivity contribution in [1.29, 1.82) is 0 Å². The van der Waals surface area contributed by atoms with E-state index in [1.54, 1.807) is 29.2 Å². The number of anilines is 1. The third-order valence-corrected chi connectivity index (χ3v) is 9.34. The van der Waals surface area contributed by atoms with Gasteiger partial charge in [0, 0.05) is 30.6 Å². The molecule has 9 nitrogen and oxygen atoms in total. The Morgan fingerprint density at radius 2 is 1.73 bits per heavy atom. The molecule has 1 N–H and O–H groups in total. The van der Waals surface area contributed by atoms with Crippen LogP contribution < -0.4 is 19.7 Å². The quantitative estimate of drug-likeness (QED) is 0.453. The molecule has 0 saturated carbocycles. The lowest BCUT2D eigenvalue weighted by atomic mass is 9.95. The zero-order valence-corrected chi connectivity index (χ0v) is 23.5. The Kier molecular flexibility index (Phi) is 8.30. The maximum absolute atomic E-state index is 13.8. The third kappa shape index (κ3) is 5.79. The average Bonchev–Trinajstić information content (AvgIpc) is 2.99. The predicted octanol–water partition coefficient (Wildman–Crippen LogP) is 3.86. The fourth-order valence-electron chi connectivity index (χ4n) is 5.03. The summed E-state index contributed by atoms with van der Waals surface area (Å²) in [4.78, 5) is 28.4. The minimum Gasteiger partial charge on any atom is -0.495 e. The van der Waals surface area contributed by atoms with E-state index in [0.717, 1.165) is 5.56 Å². The zero-order chi connectivity index (χ0) is 28.3. The van der Waals surface area contributed by atoms with Crippen molar-refractivity contribution in [2.45, 2.75) is 30.4 Å². The van der Waals surface area contributed by atoms with Gasteiger partial charge in [-0.1, -0.05) is 54.1 Å². The molecular weight excluding hydrogens is 554 g/mol. The van der Waals surface area contributed by atoms with Gasteiger partial charge in [0.05, 0.1) is 19.3 Å². The standard InChI is InChI=1S/C29H30ClN3O6S/c1-38-25-12-11-22(30)17-27(25)40(36,37)32-15-13-21(14-16-32)29(35)33-19-26(39-24-10-6-5-9-23(24)33)28(34)31-18-20-7-3-2-4-8-20/h2-12,17,21,26H,13-16,18-19H2,1H3,(H,31,34)/t26-/m0/s1. The van der Waals surface area contributed by atoms with E-state index in [1.807, 2.05) is 36.4 Å². The number of methoxy groups -OCH3 is 1. The molecule has 5 rings (SSSR count). The SMILES string of the molecule is COc1ccc(Cl)cc1S(=O)(=O)N1CCC(C(=O)N2C[C@@H](C(=O)NCc3ccccc3)Oc3ccccc32)CC1. The van der Waals surface area contributed by atoms with Crippen LogP contribution in [-0.2, 0) is 26.2 Å². The van der Waals surface area contributed by atoms with Crippen molar-refractivity contribution in [1.82, 2.24) is 9.62 Å². The lowest BCUT2D eigenvalue weighted by Crippen LogP contribution is -2.53. The average molecular weight is 584 g/mol. The van der Waals surface area contributed by atoms with Crippen LogP contribution in [-0.4, -0.2) is 57.4 Å². The van der Waals surface area contributed by atoms with E-state index < -0.39 is 22.0 Å². The van der Waals surface area contributed by atoms with Gasteiger partial charge >= 0.3 is 0 Å². The molecule has 1 fully saturated rings. The molecule has 3 aromatic rings. The lowest BCUT2D eigenvalue weighted by molar-refractivity contribution is -0.129. The number of amides is 2. The first kappa shape index (κ1) is 27.9. The molecule has 40 heavy (non-hydrogen) atoms. The smallest absolute Gasteiger partial charge is 0.263 e. The Labute approximate surface area is 238 Å². The Balaban J connectivity index is 1.28. The number of carbonyl (C=O) groups excluding carboxylic acids is 2. The van der Waals surface area contributed by atoms with Gasteiger partial charge in [0.15, 0.2) is 6.10 Å². The maximum atomic E-state index is 13.8. The summed E-state index contributed by atoms with van der Waals surface area (Å²) in [5, 5.41) is 3.18. The van der Waals surface area contributed by atoms with Gasteiger partial charge in [0.1, 0.15) is 16.4 Å². The molecule has 0 radical (unpaired) electrons. The number of halogens is 1. The molecule has 0 aromatic heterocycles. The number of benzene rings is 3. The molecule has 1 saturated heterocycles.